The minimum atomic E-state index is 0.117. The second-order valence-electron chi connectivity index (χ2n) is 4.63. The van der Waals surface area contributed by atoms with Gasteiger partial charge in [-0.15, -0.1) is 11.8 Å². The van der Waals surface area contributed by atoms with Crippen molar-refractivity contribution in [2.45, 2.75) is 37.4 Å². The summed E-state index contributed by atoms with van der Waals surface area (Å²) in [6, 6.07) is 7.91. The van der Waals surface area contributed by atoms with Crippen molar-refractivity contribution in [3.63, 3.8) is 0 Å². The van der Waals surface area contributed by atoms with E-state index in [4.69, 9.17) is 0 Å². The Hall–Kier alpha value is -0.230. The van der Waals surface area contributed by atoms with E-state index < -0.39 is 0 Å². The molecule has 1 fully saturated rings. The first-order valence-corrected chi connectivity index (χ1v) is 8.54. The van der Waals surface area contributed by atoms with Crippen LogP contribution in [0, 0.1) is 3.57 Å². The third kappa shape index (κ3) is 4.80. The highest BCUT2D eigenvalue weighted by atomic mass is 127. The Kier molecular flexibility index (Phi) is 5.82. The maximum Gasteiger partial charge on any atom is 0.234 e. The van der Waals surface area contributed by atoms with Crippen molar-refractivity contribution in [1.29, 1.82) is 0 Å². The van der Waals surface area contributed by atoms with Crippen molar-refractivity contribution in [3.8, 4) is 0 Å². The Labute approximate surface area is 126 Å². The van der Waals surface area contributed by atoms with Crippen molar-refractivity contribution in [1.82, 2.24) is 0 Å². The summed E-state index contributed by atoms with van der Waals surface area (Å²) in [5.41, 5.74) is 0.893. The summed E-state index contributed by atoms with van der Waals surface area (Å²) in [5, 5.41) is 3.64. The van der Waals surface area contributed by atoms with Crippen LogP contribution in [-0.2, 0) is 4.79 Å². The van der Waals surface area contributed by atoms with E-state index in [1.54, 1.807) is 0 Å². The van der Waals surface area contributed by atoms with Crippen LogP contribution in [0.5, 0.6) is 0 Å². The molecule has 1 N–H and O–H groups in total. The van der Waals surface area contributed by atoms with Crippen LogP contribution < -0.4 is 5.32 Å². The van der Waals surface area contributed by atoms with Gasteiger partial charge in [0.2, 0.25) is 5.91 Å². The summed E-state index contributed by atoms with van der Waals surface area (Å²) in [4.78, 5) is 11.8. The van der Waals surface area contributed by atoms with Gasteiger partial charge < -0.3 is 5.32 Å². The van der Waals surface area contributed by atoms with E-state index in [9.17, 15) is 4.79 Å². The monoisotopic (exact) mass is 375 g/mol. The normalized spacial score (nSPS) is 16.5. The number of thioether (sulfide) groups is 1. The zero-order chi connectivity index (χ0) is 12.8. The van der Waals surface area contributed by atoms with Gasteiger partial charge in [-0.3, -0.25) is 4.79 Å². The molecule has 0 aliphatic heterocycles. The minimum Gasteiger partial charge on any atom is -0.325 e. The molecule has 1 aliphatic carbocycles. The SMILES string of the molecule is O=C(CSC1CCCCC1)Nc1ccc(I)cc1. The summed E-state index contributed by atoms with van der Waals surface area (Å²) in [6.45, 7) is 0. The predicted molar refractivity (Wildman–Crippen MR) is 87.1 cm³/mol. The number of anilines is 1. The number of hydrogen-bond acceptors (Lipinski definition) is 2. The van der Waals surface area contributed by atoms with Crippen molar-refractivity contribution in [2.24, 2.45) is 0 Å². The van der Waals surface area contributed by atoms with Crippen molar-refractivity contribution in [2.75, 3.05) is 11.1 Å². The van der Waals surface area contributed by atoms with Crippen LogP contribution in [0.1, 0.15) is 32.1 Å². The molecule has 0 bridgehead atoms. The molecule has 1 saturated carbocycles. The van der Waals surface area contributed by atoms with Crippen LogP contribution in [0.2, 0.25) is 0 Å². The standard InChI is InChI=1S/C14H18INOS/c15-11-6-8-12(9-7-11)16-14(17)10-18-13-4-2-1-3-5-13/h6-9,13H,1-5,10H2,(H,16,17). The molecule has 2 nitrogen and oxygen atoms in total. The maximum absolute atomic E-state index is 11.8. The summed E-state index contributed by atoms with van der Waals surface area (Å²) >= 11 is 4.07. The van der Waals surface area contributed by atoms with Gasteiger partial charge in [0.05, 0.1) is 5.75 Å². The van der Waals surface area contributed by atoms with Gasteiger partial charge in [-0.05, 0) is 59.7 Å². The third-order valence-corrected chi connectivity index (χ3v) is 5.22. The lowest BCUT2D eigenvalue weighted by Crippen LogP contribution is -2.17. The second-order valence-corrected chi connectivity index (χ2v) is 7.16. The predicted octanol–water partition coefficient (Wildman–Crippen LogP) is 4.30. The van der Waals surface area contributed by atoms with Gasteiger partial charge in [0.25, 0.3) is 0 Å². The molecule has 0 spiro atoms. The van der Waals surface area contributed by atoms with Crippen LogP contribution in [0.15, 0.2) is 24.3 Å². The van der Waals surface area contributed by atoms with Gasteiger partial charge >= 0.3 is 0 Å². The molecule has 0 radical (unpaired) electrons. The topological polar surface area (TPSA) is 29.1 Å². The minimum absolute atomic E-state index is 0.117. The highest BCUT2D eigenvalue weighted by molar-refractivity contribution is 14.1. The molecule has 0 atom stereocenters. The first-order valence-electron chi connectivity index (χ1n) is 6.41. The molecule has 2 rings (SSSR count). The van der Waals surface area contributed by atoms with E-state index in [1.165, 1.54) is 35.7 Å². The zero-order valence-electron chi connectivity index (χ0n) is 10.3. The number of carbonyl (C=O) groups excluding carboxylic acids is 1. The van der Waals surface area contributed by atoms with Gasteiger partial charge in [-0.25, -0.2) is 0 Å². The number of nitrogens with one attached hydrogen (secondary N) is 1. The van der Waals surface area contributed by atoms with E-state index in [2.05, 4.69) is 27.9 Å². The molecule has 18 heavy (non-hydrogen) atoms. The molecule has 0 aromatic heterocycles. The van der Waals surface area contributed by atoms with Crippen LogP contribution in [-0.4, -0.2) is 16.9 Å². The van der Waals surface area contributed by atoms with Crippen molar-refractivity contribution in [3.05, 3.63) is 27.8 Å². The molecule has 1 aromatic rings. The Morgan fingerprint density at radius 2 is 1.89 bits per heavy atom. The summed E-state index contributed by atoms with van der Waals surface area (Å²) in [7, 11) is 0. The van der Waals surface area contributed by atoms with Crippen LogP contribution in [0.25, 0.3) is 0 Å². The fraction of sp³-hybridized carbons (Fsp3) is 0.500. The fourth-order valence-electron chi connectivity index (χ4n) is 2.16. The smallest absolute Gasteiger partial charge is 0.234 e. The van der Waals surface area contributed by atoms with Crippen molar-refractivity contribution >= 4 is 45.9 Å². The number of halogens is 1. The van der Waals surface area contributed by atoms with E-state index in [0.29, 0.717) is 11.0 Å². The largest absolute Gasteiger partial charge is 0.325 e. The Balaban J connectivity index is 1.73. The van der Waals surface area contributed by atoms with E-state index in [-0.39, 0.29) is 5.91 Å². The van der Waals surface area contributed by atoms with Gasteiger partial charge in [0.1, 0.15) is 0 Å². The van der Waals surface area contributed by atoms with Gasteiger partial charge in [0, 0.05) is 14.5 Å². The highest BCUT2D eigenvalue weighted by Crippen LogP contribution is 2.28. The Morgan fingerprint density at radius 3 is 2.56 bits per heavy atom. The Bertz CT molecular complexity index is 387. The first-order chi connectivity index (χ1) is 8.74. The molecule has 0 unspecified atom stereocenters. The van der Waals surface area contributed by atoms with Gasteiger partial charge in [-0.1, -0.05) is 19.3 Å². The maximum atomic E-state index is 11.8. The van der Waals surface area contributed by atoms with E-state index in [1.807, 2.05) is 36.0 Å². The number of amides is 1. The lowest BCUT2D eigenvalue weighted by atomic mass is 10.0. The molecule has 1 aromatic carbocycles. The molecule has 0 heterocycles. The Morgan fingerprint density at radius 1 is 1.22 bits per heavy atom. The second kappa shape index (κ2) is 7.38. The van der Waals surface area contributed by atoms with Crippen LogP contribution in [0.4, 0.5) is 5.69 Å². The fourth-order valence-corrected chi connectivity index (χ4v) is 3.64. The molecule has 1 aliphatic rings. The number of benzene rings is 1. The summed E-state index contributed by atoms with van der Waals surface area (Å²) in [5.74, 6) is 0.697. The average Bonchev–Trinajstić information content (AvgIpc) is 2.40. The lowest BCUT2D eigenvalue weighted by Gasteiger charge is -2.20. The molecule has 0 saturated heterocycles. The van der Waals surface area contributed by atoms with E-state index in [0.717, 1.165) is 5.69 Å². The molecular formula is C14H18INOS. The lowest BCUT2D eigenvalue weighted by molar-refractivity contribution is -0.113. The van der Waals surface area contributed by atoms with Crippen LogP contribution >= 0.6 is 34.4 Å². The van der Waals surface area contributed by atoms with Crippen molar-refractivity contribution < 1.29 is 4.79 Å². The number of hydrogen-bond donors (Lipinski definition) is 1. The third-order valence-electron chi connectivity index (χ3n) is 3.13. The molecule has 98 valence electrons. The number of rotatable bonds is 4. The molecule has 1 amide bonds. The van der Waals surface area contributed by atoms with Crippen LogP contribution in [0.3, 0.4) is 0 Å². The average molecular weight is 375 g/mol. The first kappa shape index (κ1) is 14.2. The zero-order valence-corrected chi connectivity index (χ0v) is 13.3. The summed E-state index contributed by atoms with van der Waals surface area (Å²) in [6.07, 6.45) is 6.59. The number of carbonyl (C=O) groups is 1. The quantitative estimate of drug-likeness (QED) is 0.796. The molecule has 4 heteroatoms. The van der Waals surface area contributed by atoms with Gasteiger partial charge in [0.15, 0.2) is 0 Å². The molecular weight excluding hydrogens is 357 g/mol. The summed E-state index contributed by atoms with van der Waals surface area (Å²) < 4.78 is 1.18. The van der Waals surface area contributed by atoms with Gasteiger partial charge in [-0.2, -0.15) is 0 Å². The highest BCUT2D eigenvalue weighted by Gasteiger charge is 2.15. The van der Waals surface area contributed by atoms with E-state index >= 15 is 0 Å².